The largest absolute Gasteiger partial charge is 0.508 e. The van der Waals surface area contributed by atoms with E-state index in [-0.39, 0.29) is 11.7 Å². The first-order chi connectivity index (χ1) is 16.0. The van der Waals surface area contributed by atoms with Gasteiger partial charge in [0.25, 0.3) is 5.91 Å². The van der Waals surface area contributed by atoms with E-state index in [2.05, 4.69) is 5.32 Å². The van der Waals surface area contributed by atoms with Crippen LogP contribution in [0.3, 0.4) is 0 Å². The number of carbonyl (C=O) groups is 1. The average Bonchev–Trinajstić information content (AvgIpc) is 2.78. The van der Waals surface area contributed by atoms with E-state index in [9.17, 15) is 23.1 Å². The molecule has 0 aliphatic heterocycles. The van der Waals surface area contributed by atoms with Crippen LogP contribution in [0, 0.1) is 6.92 Å². The Morgan fingerprint density at radius 2 is 1.74 bits per heavy atom. The third-order valence-corrected chi connectivity index (χ3v) is 5.23. The third-order valence-electron chi connectivity index (χ3n) is 5.23. The molecule has 0 saturated carbocycles. The lowest BCUT2D eigenvalue weighted by Crippen LogP contribution is -2.16. The molecule has 34 heavy (non-hydrogen) atoms. The minimum atomic E-state index is -4.42. The fourth-order valence-electron chi connectivity index (χ4n) is 3.36. The number of ether oxygens (including phenoxy) is 1. The number of hydrogen-bond donors (Lipinski definition) is 2. The van der Waals surface area contributed by atoms with E-state index in [0.717, 1.165) is 25.1 Å². The minimum Gasteiger partial charge on any atom is -0.508 e. The first-order valence-electron chi connectivity index (χ1n) is 10.7. The smallest absolute Gasteiger partial charge is 0.416 e. The number of carbonyl (C=O) groups excluding carboxylic acids is 1. The fraction of sp³-hybridized carbons (Fsp3) is 0.269. The topological polar surface area (TPSA) is 61.8 Å². The summed E-state index contributed by atoms with van der Waals surface area (Å²) in [6.07, 6.45) is -3.68. The lowest BCUT2D eigenvalue weighted by Gasteiger charge is -2.16. The summed E-state index contributed by atoms with van der Waals surface area (Å²) in [4.78, 5) is 14.8. The minimum absolute atomic E-state index is 0.132. The molecule has 0 bridgehead atoms. The number of rotatable bonds is 8. The van der Waals surface area contributed by atoms with E-state index in [1.54, 1.807) is 37.3 Å². The Morgan fingerprint density at radius 3 is 2.35 bits per heavy atom. The molecule has 0 heterocycles. The van der Waals surface area contributed by atoms with E-state index in [1.165, 1.54) is 18.2 Å². The fourth-order valence-corrected chi connectivity index (χ4v) is 3.36. The van der Waals surface area contributed by atoms with Crippen LogP contribution in [-0.4, -0.2) is 43.2 Å². The number of nitrogens with one attached hydrogen (secondary N) is 1. The summed E-state index contributed by atoms with van der Waals surface area (Å²) >= 11 is 0. The Labute approximate surface area is 196 Å². The SMILES string of the molecule is Cc1cc(NC(=O)c2ccc(-c3ccc(C(F)(F)F)cc3)c(OCCCN(C)C)c2)ccc1O. The highest BCUT2D eigenvalue weighted by molar-refractivity contribution is 6.05. The quantitative estimate of drug-likeness (QED) is 0.313. The molecular weight excluding hydrogens is 445 g/mol. The Morgan fingerprint density at radius 1 is 1.03 bits per heavy atom. The zero-order valence-electron chi connectivity index (χ0n) is 19.2. The molecule has 0 fully saturated rings. The molecule has 5 nitrogen and oxygen atoms in total. The second kappa shape index (κ2) is 10.6. The molecule has 8 heteroatoms. The van der Waals surface area contributed by atoms with E-state index >= 15 is 0 Å². The van der Waals surface area contributed by atoms with Crippen molar-refractivity contribution in [1.82, 2.24) is 4.90 Å². The highest BCUT2D eigenvalue weighted by Gasteiger charge is 2.30. The van der Waals surface area contributed by atoms with Gasteiger partial charge in [0.2, 0.25) is 0 Å². The molecule has 0 aliphatic carbocycles. The van der Waals surface area contributed by atoms with Crippen LogP contribution in [0.5, 0.6) is 11.5 Å². The van der Waals surface area contributed by atoms with Gasteiger partial charge in [-0.3, -0.25) is 4.79 Å². The number of phenols is 1. The van der Waals surface area contributed by atoms with Crippen LogP contribution >= 0.6 is 0 Å². The maximum Gasteiger partial charge on any atom is 0.416 e. The van der Waals surface area contributed by atoms with Crippen molar-refractivity contribution in [3.8, 4) is 22.6 Å². The summed E-state index contributed by atoms with van der Waals surface area (Å²) in [6.45, 7) is 2.91. The van der Waals surface area contributed by atoms with Crippen LogP contribution in [-0.2, 0) is 6.18 Å². The molecule has 0 aromatic heterocycles. The monoisotopic (exact) mass is 472 g/mol. The third kappa shape index (κ3) is 6.51. The Bertz CT molecular complexity index is 1140. The Hall–Kier alpha value is -3.52. The Balaban J connectivity index is 1.88. The lowest BCUT2D eigenvalue weighted by atomic mass is 10.0. The molecule has 0 aliphatic rings. The van der Waals surface area contributed by atoms with Gasteiger partial charge in [0.1, 0.15) is 11.5 Å². The van der Waals surface area contributed by atoms with Gasteiger partial charge in [0.15, 0.2) is 0 Å². The summed E-state index contributed by atoms with van der Waals surface area (Å²) in [5.41, 5.74) is 1.90. The van der Waals surface area contributed by atoms with Crippen molar-refractivity contribution in [2.24, 2.45) is 0 Å². The van der Waals surface area contributed by atoms with Crippen LogP contribution in [0.1, 0.15) is 27.9 Å². The summed E-state index contributed by atoms with van der Waals surface area (Å²) in [5.74, 6) is 0.169. The van der Waals surface area contributed by atoms with Crippen molar-refractivity contribution >= 4 is 11.6 Å². The standard InChI is InChI=1S/C26H27F3N2O3/c1-17-15-21(10-12-23(17)32)30-25(33)19-7-11-22(24(16-19)34-14-4-13-31(2)3)18-5-8-20(9-6-18)26(27,28)29/h5-12,15-16,32H,4,13-14H2,1-3H3,(H,30,33). The normalized spacial score (nSPS) is 11.5. The summed E-state index contributed by atoms with van der Waals surface area (Å²) in [6, 6.07) is 14.4. The van der Waals surface area contributed by atoms with Gasteiger partial charge in [-0.05, 0) is 87.1 Å². The second-order valence-electron chi connectivity index (χ2n) is 8.25. The molecule has 0 spiro atoms. The first-order valence-corrected chi connectivity index (χ1v) is 10.7. The maximum absolute atomic E-state index is 13.0. The number of benzene rings is 3. The number of phenolic OH excluding ortho intramolecular Hbond substituents is 1. The van der Waals surface area contributed by atoms with Gasteiger partial charge in [0.05, 0.1) is 12.2 Å². The highest BCUT2D eigenvalue weighted by atomic mass is 19.4. The van der Waals surface area contributed by atoms with Crippen molar-refractivity contribution in [3.63, 3.8) is 0 Å². The van der Waals surface area contributed by atoms with Gasteiger partial charge in [-0.2, -0.15) is 13.2 Å². The van der Waals surface area contributed by atoms with Crippen LogP contribution < -0.4 is 10.1 Å². The zero-order valence-corrected chi connectivity index (χ0v) is 19.2. The van der Waals surface area contributed by atoms with Gasteiger partial charge < -0.3 is 20.1 Å². The molecular formula is C26H27F3N2O3. The number of aryl methyl sites for hydroxylation is 1. The molecule has 180 valence electrons. The van der Waals surface area contributed by atoms with Crippen LogP contribution in [0.15, 0.2) is 60.7 Å². The molecule has 0 unspecified atom stereocenters. The summed E-state index contributed by atoms with van der Waals surface area (Å²) in [7, 11) is 3.90. The van der Waals surface area contributed by atoms with Gasteiger partial charge in [-0.15, -0.1) is 0 Å². The van der Waals surface area contributed by atoms with Crippen molar-refractivity contribution in [2.75, 3.05) is 32.6 Å². The molecule has 1 amide bonds. The van der Waals surface area contributed by atoms with E-state index < -0.39 is 11.7 Å². The van der Waals surface area contributed by atoms with Crippen molar-refractivity contribution in [2.45, 2.75) is 19.5 Å². The molecule has 0 radical (unpaired) electrons. The van der Waals surface area contributed by atoms with Gasteiger partial charge in [-0.1, -0.05) is 12.1 Å². The summed E-state index contributed by atoms with van der Waals surface area (Å²) in [5, 5.41) is 12.5. The van der Waals surface area contributed by atoms with Crippen molar-refractivity contribution in [1.29, 1.82) is 0 Å². The van der Waals surface area contributed by atoms with Gasteiger partial charge in [-0.25, -0.2) is 0 Å². The average molecular weight is 473 g/mol. The van der Waals surface area contributed by atoms with Gasteiger partial charge >= 0.3 is 6.18 Å². The molecule has 2 N–H and O–H groups in total. The van der Waals surface area contributed by atoms with Gasteiger partial charge in [0, 0.05) is 23.4 Å². The number of aromatic hydroxyl groups is 1. The van der Waals surface area contributed by atoms with E-state index in [4.69, 9.17) is 4.74 Å². The molecule has 0 atom stereocenters. The number of amides is 1. The van der Waals surface area contributed by atoms with E-state index in [1.807, 2.05) is 19.0 Å². The predicted octanol–water partition coefficient (Wildman–Crippen LogP) is 5.97. The van der Waals surface area contributed by atoms with Crippen molar-refractivity contribution < 1.29 is 27.8 Å². The van der Waals surface area contributed by atoms with E-state index in [0.29, 0.717) is 40.3 Å². The highest BCUT2D eigenvalue weighted by Crippen LogP contribution is 2.35. The molecule has 3 aromatic carbocycles. The number of nitrogens with zero attached hydrogens (tertiary/aromatic N) is 1. The molecule has 0 saturated heterocycles. The zero-order chi connectivity index (χ0) is 24.9. The number of hydrogen-bond acceptors (Lipinski definition) is 4. The predicted molar refractivity (Wildman–Crippen MR) is 126 cm³/mol. The van der Waals surface area contributed by atoms with Crippen LogP contribution in [0.4, 0.5) is 18.9 Å². The van der Waals surface area contributed by atoms with Crippen LogP contribution in [0.2, 0.25) is 0 Å². The maximum atomic E-state index is 13.0. The number of anilines is 1. The molecule has 3 rings (SSSR count). The number of alkyl halides is 3. The second-order valence-corrected chi connectivity index (χ2v) is 8.25. The molecule has 3 aromatic rings. The Kier molecular flexibility index (Phi) is 7.83. The van der Waals surface area contributed by atoms with Crippen LogP contribution in [0.25, 0.3) is 11.1 Å². The lowest BCUT2D eigenvalue weighted by molar-refractivity contribution is -0.137. The summed E-state index contributed by atoms with van der Waals surface area (Å²) < 4.78 is 44.8. The van der Waals surface area contributed by atoms with Crippen molar-refractivity contribution in [3.05, 3.63) is 77.4 Å². The first kappa shape index (κ1) is 25.1. The number of halogens is 3.